The predicted octanol–water partition coefficient (Wildman–Crippen LogP) is 0.988. The number of anilines is 1. The molecule has 1 aromatic rings. The van der Waals surface area contributed by atoms with E-state index in [2.05, 4.69) is 10.6 Å². The van der Waals surface area contributed by atoms with E-state index in [1.165, 1.54) is 0 Å². The van der Waals surface area contributed by atoms with E-state index in [0.29, 0.717) is 6.04 Å². The molecule has 0 aliphatic carbocycles. The third-order valence-corrected chi connectivity index (χ3v) is 2.26. The van der Waals surface area contributed by atoms with Crippen LogP contribution in [-0.2, 0) is 4.74 Å². The minimum Gasteiger partial charge on any atom is -0.446 e. The van der Waals surface area contributed by atoms with Crippen molar-refractivity contribution in [1.82, 2.24) is 5.32 Å². The molecule has 0 amide bonds. The fourth-order valence-corrected chi connectivity index (χ4v) is 1.50. The Balaban J connectivity index is 1.76. The lowest BCUT2D eigenvalue weighted by molar-refractivity contribution is 0.0805. The fourth-order valence-electron chi connectivity index (χ4n) is 1.50. The monoisotopic (exact) mass is 196 g/mol. The minimum atomic E-state index is 0.383. The van der Waals surface area contributed by atoms with E-state index in [1.54, 1.807) is 0 Å². The minimum absolute atomic E-state index is 0.383. The van der Waals surface area contributed by atoms with Crippen LogP contribution < -0.4 is 10.6 Å². The van der Waals surface area contributed by atoms with Crippen molar-refractivity contribution >= 4 is 5.88 Å². The Morgan fingerprint density at radius 1 is 1.57 bits per heavy atom. The Bertz CT molecular complexity index is 279. The quantitative estimate of drug-likeness (QED) is 0.756. The van der Waals surface area contributed by atoms with Crippen LogP contribution in [0.3, 0.4) is 0 Å². The zero-order valence-electron chi connectivity index (χ0n) is 8.38. The molecule has 1 aliphatic rings. The number of nitrogens with one attached hydrogen (secondary N) is 2. The number of hydrogen-bond acceptors (Lipinski definition) is 4. The molecule has 1 fully saturated rings. The summed E-state index contributed by atoms with van der Waals surface area (Å²) in [5.74, 6) is 1.76. The van der Waals surface area contributed by atoms with E-state index in [-0.39, 0.29) is 0 Å². The number of aryl methyl sites for hydroxylation is 1. The Morgan fingerprint density at radius 2 is 2.50 bits per heavy atom. The molecule has 2 rings (SSSR count). The number of rotatable bonds is 3. The largest absolute Gasteiger partial charge is 0.446 e. The van der Waals surface area contributed by atoms with Crippen molar-refractivity contribution in [2.24, 2.45) is 0 Å². The van der Waals surface area contributed by atoms with Crippen molar-refractivity contribution < 1.29 is 9.15 Å². The van der Waals surface area contributed by atoms with Crippen molar-refractivity contribution in [2.45, 2.75) is 13.0 Å². The van der Waals surface area contributed by atoms with Crippen LogP contribution in [0.15, 0.2) is 16.5 Å². The number of furan rings is 1. The Hall–Kier alpha value is -1.00. The first-order valence-corrected chi connectivity index (χ1v) is 4.96. The van der Waals surface area contributed by atoms with Crippen LogP contribution in [0.4, 0.5) is 5.88 Å². The highest BCUT2D eigenvalue weighted by molar-refractivity contribution is 5.32. The summed E-state index contributed by atoms with van der Waals surface area (Å²) in [5.41, 5.74) is 0. The smallest absolute Gasteiger partial charge is 0.193 e. The molecule has 14 heavy (non-hydrogen) atoms. The summed E-state index contributed by atoms with van der Waals surface area (Å²) < 4.78 is 10.7. The summed E-state index contributed by atoms with van der Waals surface area (Å²) in [6, 6.07) is 4.28. The summed E-state index contributed by atoms with van der Waals surface area (Å²) >= 11 is 0. The molecule has 0 spiro atoms. The first-order chi connectivity index (χ1) is 6.84. The molecule has 1 aromatic heterocycles. The summed E-state index contributed by atoms with van der Waals surface area (Å²) in [6.45, 7) is 5.30. The predicted molar refractivity (Wildman–Crippen MR) is 54.5 cm³/mol. The van der Waals surface area contributed by atoms with E-state index in [0.717, 1.165) is 37.9 Å². The van der Waals surface area contributed by atoms with Crippen LogP contribution in [0, 0.1) is 6.92 Å². The molecule has 1 unspecified atom stereocenters. The van der Waals surface area contributed by atoms with Crippen molar-refractivity contribution in [3.63, 3.8) is 0 Å². The zero-order chi connectivity index (χ0) is 9.80. The van der Waals surface area contributed by atoms with E-state index in [1.807, 2.05) is 19.1 Å². The zero-order valence-corrected chi connectivity index (χ0v) is 8.38. The molecule has 0 radical (unpaired) electrons. The van der Waals surface area contributed by atoms with Crippen LogP contribution in [0.1, 0.15) is 5.76 Å². The second-order valence-electron chi connectivity index (χ2n) is 3.52. The number of hydrogen-bond donors (Lipinski definition) is 2. The van der Waals surface area contributed by atoms with Gasteiger partial charge < -0.3 is 19.8 Å². The number of ether oxygens (including phenoxy) is 1. The van der Waals surface area contributed by atoms with Gasteiger partial charge in [0.2, 0.25) is 0 Å². The van der Waals surface area contributed by atoms with Gasteiger partial charge >= 0.3 is 0 Å². The van der Waals surface area contributed by atoms with Gasteiger partial charge in [-0.25, -0.2) is 0 Å². The SMILES string of the molecule is Cc1ccc(NCC2COCCN2)o1. The second kappa shape index (κ2) is 4.48. The van der Waals surface area contributed by atoms with Crippen molar-refractivity contribution in [3.05, 3.63) is 17.9 Å². The highest BCUT2D eigenvalue weighted by atomic mass is 16.5. The Labute approximate surface area is 83.6 Å². The van der Waals surface area contributed by atoms with E-state index in [9.17, 15) is 0 Å². The molecule has 1 saturated heterocycles. The maximum Gasteiger partial charge on any atom is 0.193 e. The van der Waals surface area contributed by atoms with Crippen LogP contribution in [0.2, 0.25) is 0 Å². The van der Waals surface area contributed by atoms with E-state index < -0.39 is 0 Å². The third-order valence-electron chi connectivity index (χ3n) is 2.26. The normalized spacial score (nSPS) is 22.2. The van der Waals surface area contributed by atoms with E-state index in [4.69, 9.17) is 9.15 Å². The van der Waals surface area contributed by atoms with Crippen molar-refractivity contribution in [3.8, 4) is 0 Å². The molecular formula is C10H16N2O2. The van der Waals surface area contributed by atoms with E-state index >= 15 is 0 Å². The topological polar surface area (TPSA) is 46.4 Å². The fraction of sp³-hybridized carbons (Fsp3) is 0.600. The van der Waals surface area contributed by atoms with Gasteiger partial charge in [0.15, 0.2) is 5.88 Å². The second-order valence-corrected chi connectivity index (χ2v) is 3.52. The molecule has 0 saturated carbocycles. The van der Waals surface area contributed by atoms with Gasteiger partial charge in [0.05, 0.1) is 13.2 Å². The molecule has 0 aromatic carbocycles. The van der Waals surface area contributed by atoms with Crippen LogP contribution in [-0.4, -0.2) is 32.3 Å². The molecule has 2 N–H and O–H groups in total. The first kappa shape index (κ1) is 9.55. The summed E-state index contributed by atoms with van der Waals surface area (Å²) in [6.07, 6.45) is 0. The van der Waals surface area contributed by atoms with Gasteiger partial charge in [-0.05, 0) is 13.0 Å². The van der Waals surface area contributed by atoms with Crippen LogP contribution in [0.25, 0.3) is 0 Å². The molecule has 1 aliphatic heterocycles. The van der Waals surface area contributed by atoms with Gasteiger partial charge in [0.25, 0.3) is 0 Å². The Kier molecular flexibility index (Phi) is 3.06. The number of morpholine rings is 1. The molecule has 78 valence electrons. The summed E-state index contributed by atoms with van der Waals surface area (Å²) in [5, 5.41) is 6.59. The highest BCUT2D eigenvalue weighted by Crippen LogP contribution is 2.11. The molecular weight excluding hydrogens is 180 g/mol. The van der Waals surface area contributed by atoms with Crippen LogP contribution in [0.5, 0.6) is 0 Å². The maximum absolute atomic E-state index is 5.39. The van der Waals surface area contributed by atoms with Gasteiger partial charge in [-0.15, -0.1) is 0 Å². The van der Waals surface area contributed by atoms with Gasteiger partial charge in [-0.1, -0.05) is 0 Å². The average molecular weight is 196 g/mol. The van der Waals surface area contributed by atoms with Gasteiger partial charge in [0.1, 0.15) is 5.76 Å². The van der Waals surface area contributed by atoms with Gasteiger partial charge in [-0.3, -0.25) is 0 Å². The van der Waals surface area contributed by atoms with Crippen molar-refractivity contribution in [1.29, 1.82) is 0 Å². The lowest BCUT2D eigenvalue weighted by Crippen LogP contribution is -2.45. The van der Waals surface area contributed by atoms with Gasteiger partial charge in [-0.2, -0.15) is 0 Å². The molecule has 1 atom stereocenters. The maximum atomic E-state index is 5.39. The molecule has 2 heterocycles. The lowest BCUT2D eigenvalue weighted by Gasteiger charge is -2.23. The highest BCUT2D eigenvalue weighted by Gasteiger charge is 2.12. The van der Waals surface area contributed by atoms with Gasteiger partial charge in [0, 0.05) is 25.2 Å². The average Bonchev–Trinajstić information content (AvgIpc) is 2.63. The summed E-state index contributed by atoms with van der Waals surface area (Å²) in [4.78, 5) is 0. The Morgan fingerprint density at radius 3 is 3.14 bits per heavy atom. The lowest BCUT2D eigenvalue weighted by atomic mass is 10.3. The summed E-state index contributed by atoms with van der Waals surface area (Å²) in [7, 11) is 0. The molecule has 0 bridgehead atoms. The molecule has 4 nitrogen and oxygen atoms in total. The first-order valence-electron chi connectivity index (χ1n) is 4.96. The van der Waals surface area contributed by atoms with Crippen molar-refractivity contribution in [2.75, 3.05) is 31.6 Å². The third kappa shape index (κ3) is 2.49. The molecule has 4 heteroatoms. The standard InChI is InChI=1S/C10H16N2O2/c1-8-2-3-10(14-8)12-6-9-7-13-5-4-11-9/h2-3,9,11-12H,4-7H2,1H3. The van der Waals surface area contributed by atoms with Crippen LogP contribution >= 0.6 is 0 Å².